The Hall–Kier alpha value is -0.920. The first-order chi connectivity index (χ1) is 9.04. The van der Waals surface area contributed by atoms with Gasteiger partial charge in [0.25, 0.3) is 0 Å². The molecular formula is C12H11F3N2S2. The molecule has 0 amide bonds. The highest BCUT2D eigenvalue weighted by atomic mass is 32.1. The minimum atomic E-state index is -4.38. The summed E-state index contributed by atoms with van der Waals surface area (Å²) in [5, 5.41) is 5.41. The average Bonchev–Trinajstić information content (AvgIpc) is 2.87. The topological polar surface area (TPSA) is 24.9 Å². The van der Waals surface area contributed by atoms with Crippen LogP contribution in [0.1, 0.15) is 23.4 Å². The largest absolute Gasteiger partial charge is 0.434 e. The second kappa shape index (κ2) is 4.88. The van der Waals surface area contributed by atoms with Crippen molar-refractivity contribution in [1.29, 1.82) is 0 Å². The fourth-order valence-electron chi connectivity index (χ4n) is 1.72. The zero-order chi connectivity index (χ0) is 13.5. The Labute approximate surface area is 116 Å². The standard InChI is InChI=1S/C12H11F3N2S2/c13-12(14,15)10-9(6-16-7-3-4-7)19-11(17-10)8-2-1-5-18-8/h1-2,5,7,16H,3-4,6H2. The summed E-state index contributed by atoms with van der Waals surface area (Å²) in [6.07, 6.45) is -2.28. The molecule has 0 unspecified atom stereocenters. The van der Waals surface area contributed by atoms with Gasteiger partial charge in [0.15, 0.2) is 5.69 Å². The van der Waals surface area contributed by atoms with E-state index in [0.717, 1.165) is 29.1 Å². The normalized spacial score (nSPS) is 15.9. The summed E-state index contributed by atoms with van der Waals surface area (Å²) in [6, 6.07) is 3.99. The van der Waals surface area contributed by atoms with Gasteiger partial charge in [-0.25, -0.2) is 4.98 Å². The molecule has 0 aliphatic heterocycles. The molecule has 1 aliphatic carbocycles. The van der Waals surface area contributed by atoms with Crippen molar-refractivity contribution in [2.45, 2.75) is 31.6 Å². The molecular weight excluding hydrogens is 293 g/mol. The van der Waals surface area contributed by atoms with Gasteiger partial charge < -0.3 is 5.32 Å². The number of hydrogen-bond acceptors (Lipinski definition) is 4. The highest BCUT2D eigenvalue weighted by Crippen LogP contribution is 2.39. The van der Waals surface area contributed by atoms with E-state index in [0.29, 0.717) is 11.0 Å². The van der Waals surface area contributed by atoms with Crippen LogP contribution in [-0.4, -0.2) is 11.0 Å². The van der Waals surface area contributed by atoms with Crippen LogP contribution in [0.2, 0.25) is 0 Å². The highest BCUT2D eigenvalue weighted by molar-refractivity contribution is 7.21. The first kappa shape index (κ1) is 13.1. The summed E-state index contributed by atoms with van der Waals surface area (Å²) in [4.78, 5) is 4.85. The predicted molar refractivity (Wildman–Crippen MR) is 70.3 cm³/mol. The molecule has 0 saturated heterocycles. The SMILES string of the molecule is FC(F)(F)c1nc(-c2cccs2)sc1CNC1CC1. The van der Waals surface area contributed by atoms with Gasteiger partial charge in [0.05, 0.1) is 9.75 Å². The maximum absolute atomic E-state index is 13.0. The van der Waals surface area contributed by atoms with E-state index >= 15 is 0 Å². The molecule has 0 spiro atoms. The highest BCUT2D eigenvalue weighted by Gasteiger charge is 2.38. The number of rotatable bonds is 4. The number of nitrogens with one attached hydrogen (secondary N) is 1. The van der Waals surface area contributed by atoms with Crippen LogP contribution in [0.3, 0.4) is 0 Å². The molecule has 3 rings (SSSR count). The number of aromatic nitrogens is 1. The molecule has 1 aliphatic rings. The van der Waals surface area contributed by atoms with Crippen molar-refractivity contribution in [2.24, 2.45) is 0 Å². The minimum absolute atomic E-state index is 0.253. The monoisotopic (exact) mass is 304 g/mol. The molecule has 0 atom stereocenters. The molecule has 19 heavy (non-hydrogen) atoms. The van der Waals surface area contributed by atoms with Crippen molar-refractivity contribution in [3.63, 3.8) is 0 Å². The van der Waals surface area contributed by atoms with Gasteiger partial charge in [0.2, 0.25) is 0 Å². The van der Waals surface area contributed by atoms with Crippen LogP contribution < -0.4 is 5.32 Å². The summed E-state index contributed by atoms with van der Waals surface area (Å²) < 4.78 is 38.9. The van der Waals surface area contributed by atoms with Crippen LogP contribution in [0.4, 0.5) is 13.2 Å². The smallest absolute Gasteiger partial charge is 0.309 e. The van der Waals surface area contributed by atoms with Gasteiger partial charge >= 0.3 is 6.18 Å². The van der Waals surface area contributed by atoms with Crippen molar-refractivity contribution in [2.75, 3.05) is 0 Å². The van der Waals surface area contributed by atoms with E-state index in [1.807, 2.05) is 11.4 Å². The van der Waals surface area contributed by atoms with Crippen LogP contribution in [0, 0.1) is 0 Å². The van der Waals surface area contributed by atoms with Crippen LogP contribution in [0.15, 0.2) is 17.5 Å². The van der Waals surface area contributed by atoms with Crippen LogP contribution in [-0.2, 0) is 12.7 Å². The molecule has 1 fully saturated rings. The van der Waals surface area contributed by atoms with E-state index in [1.54, 1.807) is 6.07 Å². The number of alkyl halides is 3. The summed E-state index contributed by atoms with van der Waals surface area (Å²) in [6.45, 7) is 0.253. The molecule has 1 N–H and O–H groups in total. The summed E-state index contributed by atoms with van der Waals surface area (Å²) in [5.74, 6) is 0. The van der Waals surface area contributed by atoms with Crippen LogP contribution >= 0.6 is 22.7 Å². The maximum Gasteiger partial charge on any atom is 0.434 e. The molecule has 2 heterocycles. The lowest BCUT2D eigenvalue weighted by atomic mass is 10.3. The van der Waals surface area contributed by atoms with E-state index in [2.05, 4.69) is 10.3 Å². The van der Waals surface area contributed by atoms with E-state index < -0.39 is 11.9 Å². The molecule has 2 aromatic rings. The molecule has 0 bridgehead atoms. The van der Waals surface area contributed by atoms with Gasteiger partial charge in [-0.05, 0) is 24.3 Å². The van der Waals surface area contributed by atoms with Gasteiger partial charge in [-0.1, -0.05) is 6.07 Å². The van der Waals surface area contributed by atoms with Crippen LogP contribution in [0.5, 0.6) is 0 Å². The van der Waals surface area contributed by atoms with E-state index in [4.69, 9.17) is 0 Å². The zero-order valence-corrected chi connectivity index (χ0v) is 11.5. The lowest BCUT2D eigenvalue weighted by Crippen LogP contribution is -2.18. The molecule has 2 nitrogen and oxygen atoms in total. The van der Waals surface area contributed by atoms with E-state index in [-0.39, 0.29) is 11.4 Å². The first-order valence-electron chi connectivity index (χ1n) is 5.88. The zero-order valence-electron chi connectivity index (χ0n) is 9.83. The number of nitrogens with zero attached hydrogens (tertiary/aromatic N) is 1. The number of halogens is 3. The quantitative estimate of drug-likeness (QED) is 0.918. The molecule has 0 aromatic carbocycles. The molecule has 7 heteroatoms. The van der Waals surface area contributed by atoms with Crippen molar-refractivity contribution < 1.29 is 13.2 Å². The van der Waals surface area contributed by atoms with Gasteiger partial charge in [-0.2, -0.15) is 13.2 Å². The van der Waals surface area contributed by atoms with Crippen molar-refractivity contribution >= 4 is 22.7 Å². The number of hydrogen-bond donors (Lipinski definition) is 1. The lowest BCUT2D eigenvalue weighted by Gasteiger charge is -2.06. The third-order valence-electron chi connectivity index (χ3n) is 2.83. The third-order valence-corrected chi connectivity index (χ3v) is 4.92. The Morgan fingerprint density at radius 1 is 1.37 bits per heavy atom. The summed E-state index contributed by atoms with van der Waals surface area (Å²) in [7, 11) is 0. The third kappa shape index (κ3) is 2.98. The molecule has 102 valence electrons. The van der Waals surface area contributed by atoms with Crippen molar-refractivity contribution in [3.8, 4) is 9.88 Å². The molecule has 1 saturated carbocycles. The van der Waals surface area contributed by atoms with Crippen molar-refractivity contribution in [1.82, 2.24) is 10.3 Å². The van der Waals surface area contributed by atoms with Gasteiger partial charge in [-0.15, -0.1) is 22.7 Å². The average molecular weight is 304 g/mol. The predicted octanol–water partition coefficient (Wildman–Crippen LogP) is 4.14. The Balaban J connectivity index is 1.90. The molecule has 2 aromatic heterocycles. The fraction of sp³-hybridized carbons (Fsp3) is 0.417. The number of thiophene rings is 1. The fourth-order valence-corrected chi connectivity index (χ4v) is 3.55. The van der Waals surface area contributed by atoms with Gasteiger partial charge in [0, 0.05) is 12.6 Å². The second-order valence-corrected chi connectivity index (χ2v) is 6.45. The molecule has 0 radical (unpaired) electrons. The Kier molecular flexibility index (Phi) is 3.36. The van der Waals surface area contributed by atoms with E-state index in [9.17, 15) is 13.2 Å². The lowest BCUT2D eigenvalue weighted by molar-refractivity contribution is -0.141. The Bertz CT molecular complexity index is 556. The Morgan fingerprint density at radius 2 is 2.16 bits per heavy atom. The first-order valence-corrected chi connectivity index (χ1v) is 7.58. The second-order valence-electron chi connectivity index (χ2n) is 4.42. The number of thiazole rings is 1. The van der Waals surface area contributed by atoms with Gasteiger partial charge in [-0.3, -0.25) is 0 Å². The van der Waals surface area contributed by atoms with Gasteiger partial charge in [0.1, 0.15) is 5.01 Å². The summed E-state index contributed by atoms with van der Waals surface area (Å²) in [5.41, 5.74) is -0.742. The van der Waals surface area contributed by atoms with Crippen LogP contribution in [0.25, 0.3) is 9.88 Å². The van der Waals surface area contributed by atoms with E-state index in [1.165, 1.54) is 11.3 Å². The minimum Gasteiger partial charge on any atom is -0.309 e. The summed E-state index contributed by atoms with van der Waals surface area (Å²) >= 11 is 2.54. The van der Waals surface area contributed by atoms with Crippen molar-refractivity contribution in [3.05, 3.63) is 28.1 Å². The Morgan fingerprint density at radius 3 is 2.74 bits per heavy atom. The maximum atomic E-state index is 13.0.